The van der Waals surface area contributed by atoms with Gasteiger partial charge in [-0.2, -0.15) is 0 Å². The highest BCUT2D eigenvalue weighted by molar-refractivity contribution is 5.79. The molecule has 1 amide bonds. The molecule has 8 nitrogen and oxygen atoms in total. The van der Waals surface area contributed by atoms with E-state index in [1.54, 1.807) is 24.5 Å². The average Bonchev–Trinajstić information content (AvgIpc) is 3.45. The number of piperidine rings is 3. The SMILES string of the molecule is O=C(NCc1ccco1)[C@H]1CN2CCC1C[C@@H]2Cn1cc(-c2cccc(O)c2)nn1. The molecule has 2 bridgehead atoms. The molecule has 3 aliphatic rings. The number of nitrogens with zero attached hydrogens (tertiary/aromatic N) is 4. The van der Waals surface area contributed by atoms with E-state index < -0.39 is 0 Å². The van der Waals surface area contributed by atoms with Crippen molar-refractivity contribution in [2.45, 2.75) is 32.0 Å². The summed E-state index contributed by atoms with van der Waals surface area (Å²) < 4.78 is 7.17. The fourth-order valence-corrected chi connectivity index (χ4v) is 4.74. The maximum atomic E-state index is 12.7. The molecule has 3 saturated heterocycles. The quantitative estimate of drug-likeness (QED) is 0.651. The number of aromatic hydroxyl groups is 1. The van der Waals surface area contributed by atoms with Gasteiger partial charge in [0, 0.05) is 18.2 Å². The second kappa shape index (κ2) is 7.95. The van der Waals surface area contributed by atoms with Gasteiger partial charge in [0.15, 0.2) is 0 Å². The minimum absolute atomic E-state index is 0.0311. The lowest BCUT2D eigenvalue weighted by atomic mass is 9.75. The lowest BCUT2D eigenvalue weighted by Crippen LogP contribution is -2.57. The number of rotatable bonds is 6. The molecule has 3 aliphatic heterocycles. The van der Waals surface area contributed by atoms with Gasteiger partial charge in [-0.1, -0.05) is 17.3 Å². The molecule has 0 saturated carbocycles. The number of amides is 1. The van der Waals surface area contributed by atoms with Crippen molar-refractivity contribution in [2.75, 3.05) is 13.1 Å². The Morgan fingerprint density at radius 3 is 3.00 bits per heavy atom. The molecule has 30 heavy (non-hydrogen) atoms. The molecule has 6 rings (SSSR count). The van der Waals surface area contributed by atoms with E-state index in [1.807, 2.05) is 29.1 Å². The maximum absolute atomic E-state index is 12.7. The number of furan rings is 1. The summed E-state index contributed by atoms with van der Waals surface area (Å²) in [4.78, 5) is 15.1. The number of carbonyl (C=O) groups is 1. The van der Waals surface area contributed by atoms with E-state index in [0.29, 0.717) is 18.5 Å². The van der Waals surface area contributed by atoms with Gasteiger partial charge in [-0.05, 0) is 49.6 Å². The second-order valence-corrected chi connectivity index (χ2v) is 8.21. The summed E-state index contributed by atoms with van der Waals surface area (Å²) in [5, 5.41) is 21.2. The predicted octanol–water partition coefficient (Wildman–Crippen LogP) is 2.27. The number of nitrogens with one attached hydrogen (secondary N) is 1. The number of carbonyl (C=O) groups excluding carboxylic acids is 1. The van der Waals surface area contributed by atoms with Gasteiger partial charge in [-0.15, -0.1) is 5.10 Å². The monoisotopic (exact) mass is 407 g/mol. The van der Waals surface area contributed by atoms with Crippen LogP contribution in [0.4, 0.5) is 0 Å². The Kier molecular flexibility index (Phi) is 5.00. The molecule has 3 fully saturated rings. The smallest absolute Gasteiger partial charge is 0.225 e. The molecule has 0 spiro atoms. The summed E-state index contributed by atoms with van der Waals surface area (Å²) in [7, 11) is 0. The summed E-state index contributed by atoms with van der Waals surface area (Å²) in [5.74, 6) is 1.53. The summed E-state index contributed by atoms with van der Waals surface area (Å²) in [5.41, 5.74) is 1.59. The van der Waals surface area contributed by atoms with E-state index in [0.717, 1.165) is 49.5 Å². The molecule has 5 heterocycles. The summed E-state index contributed by atoms with van der Waals surface area (Å²) >= 11 is 0. The number of fused-ring (bicyclic) bond motifs is 3. The van der Waals surface area contributed by atoms with E-state index in [4.69, 9.17) is 4.42 Å². The standard InChI is InChI=1S/C22H25N5O3/c28-18-4-1-3-16(10-18)21-14-27(25-24-21)12-17-9-15-6-7-26(17)13-20(15)22(29)23-11-19-5-2-8-30-19/h1-5,8,10,14-15,17,20,28H,6-7,9,11-13H2,(H,23,29)/t15?,17-,20+/m1/s1. The van der Waals surface area contributed by atoms with Gasteiger partial charge in [0.1, 0.15) is 17.2 Å². The molecule has 0 radical (unpaired) electrons. The fourth-order valence-electron chi connectivity index (χ4n) is 4.74. The molecular weight excluding hydrogens is 382 g/mol. The highest BCUT2D eigenvalue weighted by atomic mass is 16.3. The fraction of sp³-hybridized carbons (Fsp3) is 0.409. The number of phenolic OH excluding ortho intramolecular Hbond substituents is 1. The van der Waals surface area contributed by atoms with Crippen LogP contribution in [0.5, 0.6) is 5.75 Å². The second-order valence-electron chi connectivity index (χ2n) is 8.21. The third kappa shape index (κ3) is 3.82. The number of benzene rings is 1. The first-order chi connectivity index (χ1) is 14.7. The molecule has 4 atom stereocenters. The van der Waals surface area contributed by atoms with Crippen LogP contribution in [-0.4, -0.2) is 50.0 Å². The van der Waals surface area contributed by atoms with E-state index in [-0.39, 0.29) is 17.6 Å². The van der Waals surface area contributed by atoms with Gasteiger partial charge in [0.2, 0.25) is 5.91 Å². The van der Waals surface area contributed by atoms with Crippen molar-refractivity contribution < 1.29 is 14.3 Å². The van der Waals surface area contributed by atoms with Gasteiger partial charge < -0.3 is 14.8 Å². The topological polar surface area (TPSA) is 96.4 Å². The molecule has 2 unspecified atom stereocenters. The lowest BCUT2D eigenvalue weighted by molar-refractivity contribution is -0.133. The van der Waals surface area contributed by atoms with Crippen LogP contribution >= 0.6 is 0 Å². The van der Waals surface area contributed by atoms with Crippen molar-refractivity contribution in [3.8, 4) is 17.0 Å². The zero-order chi connectivity index (χ0) is 20.5. The molecule has 3 aromatic rings. The van der Waals surface area contributed by atoms with Crippen LogP contribution < -0.4 is 5.32 Å². The first-order valence-electron chi connectivity index (χ1n) is 10.4. The molecule has 0 aliphatic carbocycles. The predicted molar refractivity (Wildman–Crippen MR) is 109 cm³/mol. The molecule has 8 heteroatoms. The van der Waals surface area contributed by atoms with E-state index >= 15 is 0 Å². The Labute approximate surface area is 174 Å². The van der Waals surface area contributed by atoms with Crippen molar-refractivity contribution in [1.29, 1.82) is 0 Å². The van der Waals surface area contributed by atoms with Crippen LogP contribution in [0.25, 0.3) is 11.3 Å². The molecule has 156 valence electrons. The zero-order valence-electron chi connectivity index (χ0n) is 16.6. The van der Waals surface area contributed by atoms with Crippen LogP contribution in [0.15, 0.2) is 53.3 Å². The normalized spacial score (nSPS) is 25.3. The Bertz CT molecular complexity index is 1020. The third-order valence-electron chi connectivity index (χ3n) is 6.31. The Hall–Kier alpha value is -3.13. The summed E-state index contributed by atoms with van der Waals surface area (Å²) in [6, 6.07) is 11.1. The van der Waals surface area contributed by atoms with Crippen molar-refractivity contribution in [1.82, 2.24) is 25.2 Å². The largest absolute Gasteiger partial charge is 0.508 e. The molecule has 1 aromatic carbocycles. The first kappa shape index (κ1) is 18.9. The van der Waals surface area contributed by atoms with Gasteiger partial charge in [0.25, 0.3) is 0 Å². The van der Waals surface area contributed by atoms with Crippen molar-refractivity contribution >= 4 is 5.91 Å². The number of hydrogen-bond donors (Lipinski definition) is 2. The number of phenols is 1. The van der Waals surface area contributed by atoms with E-state index in [2.05, 4.69) is 20.5 Å². The Morgan fingerprint density at radius 2 is 2.23 bits per heavy atom. The number of hydrogen-bond acceptors (Lipinski definition) is 6. The minimum atomic E-state index is 0.0311. The highest BCUT2D eigenvalue weighted by Crippen LogP contribution is 2.37. The summed E-state index contributed by atoms with van der Waals surface area (Å²) in [6.45, 7) is 3.00. The summed E-state index contributed by atoms with van der Waals surface area (Å²) in [6.07, 6.45) is 5.59. The van der Waals surface area contributed by atoms with E-state index in [9.17, 15) is 9.90 Å². The molecule has 2 N–H and O–H groups in total. The van der Waals surface area contributed by atoms with Crippen LogP contribution in [-0.2, 0) is 17.9 Å². The maximum Gasteiger partial charge on any atom is 0.225 e. The van der Waals surface area contributed by atoms with Crippen LogP contribution in [0.3, 0.4) is 0 Å². The van der Waals surface area contributed by atoms with Gasteiger partial charge in [-0.25, -0.2) is 0 Å². The number of aromatic nitrogens is 3. The van der Waals surface area contributed by atoms with Crippen molar-refractivity contribution in [2.24, 2.45) is 11.8 Å². The lowest BCUT2D eigenvalue weighted by Gasteiger charge is -2.49. The first-order valence-corrected chi connectivity index (χ1v) is 10.4. The Morgan fingerprint density at radius 1 is 1.30 bits per heavy atom. The highest BCUT2D eigenvalue weighted by Gasteiger charge is 2.43. The van der Waals surface area contributed by atoms with Crippen LogP contribution in [0.1, 0.15) is 18.6 Å². The molecule has 2 aromatic heterocycles. The van der Waals surface area contributed by atoms with E-state index in [1.165, 1.54) is 0 Å². The average molecular weight is 407 g/mol. The van der Waals surface area contributed by atoms with Crippen LogP contribution in [0, 0.1) is 11.8 Å². The van der Waals surface area contributed by atoms with Gasteiger partial charge >= 0.3 is 0 Å². The minimum Gasteiger partial charge on any atom is -0.508 e. The zero-order valence-corrected chi connectivity index (χ0v) is 16.6. The van der Waals surface area contributed by atoms with Crippen LogP contribution in [0.2, 0.25) is 0 Å². The van der Waals surface area contributed by atoms with Gasteiger partial charge in [0.05, 0.1) is 31.5 Å². The van der Waals surface area contributed by atoms with Gasteiger partial charge in [-0.3, -0.25) is 14.4 Å². The van der Waals surface area contributed by atoms with Crippen molar-refractivity contribution in [3.63, 3.8) is 0 Å². The van der Waals surface area contributed by atoms with Crippen molar-refractivity contribution in [3.05, 3.63) is 54.6 Å². The Balaban J connectivity index is 1.20. The third-order valence-corrected chi connectivity index (χ3v) is 6.31. The molecular formula is C22H25N5O3.